The van der Waals surface area contributed by atoms with Crippen molar-refractivity contribution in [1.29, 1.82) is 0 Å². The molecule has 0 radical (unpaired) electrons. The Morgan fingerprint density at radius 3 is 2.56 bits per heavy atom. The molecule has 2 saturated heterocycles. The minimum atomic E-state index is -3.40. The highest BCUT2D eigenvalue weighted by atomic mass is 32.2. The monoisotopic (exact) mass is 250 g/mol. The zero-order chi connectivity index (χ0) is 11.6. The van der Waals surface area contributed by atoms with E-state index >= 15 is 0 Å². The van der Waals surface area contributed by atoms with E-state index in [1.54, 1.807) is 0 Å². The fourth-order valence-corrected chi connectivity index (χ4v) is 4.04. The van der Waals surface area contributed by atoms with Crippen LogP contribution in [0.15, 0.2) is 0 Å². The molecule has 0 unspecified atom stereocenters. The second-order valence-electron chi connectivity index (χ2n) is 4.11. The standard InChI is InChI=1S/C9H18N2O4S/c12-8-9-2-1-3-11(9)16(13,14)10-4-6-15-7-5-10/h9,12H,1-8H2/t9-/m0/s1. The van der Waals surface area contributed by atoms with Gasteiger partial charge in [0.25, 0.3) is 10.2 Å². The summed E-state index contributed by atoms with van der Waals surface area (Å²) in [7, 11) is -3.40. The van der Waals surface area contributed by atoms with Crippen LogP contribution in [0.1, 0.15) is 12.8 Å². The van der Waals surface area contributed by atoms with E-state index in [9.17, 15) is 8.42 Å². The summed E-state index contributed by atoms with van der Waals surface area (Å²) in [5.41, 5.74) is 0. The molecule has 1 N–H and O–H groups in total. The van der Waals surface area contributed by atoms with Crippen LogP contribution in [0.2, 0.25) is 0 Å². The van der Waals surface area contributed by atoms with E-state index in [-0.39, 0.29) is 12.6 Å². The minimum Gasteiger partial charge on any atom is -0.395 e. The van der Waals surface area contributed by atoms with E-state index < -0.39 is 10.2 Å². The lowest BCUT2D eigenvalue weighted by Crippen LogP contribution is -2.50. The van der Waals surface area contributed by atoms with Gasteiger partial charge in [-0.1, -0.05) is 0 Å². The molecule has 0 aromatic carbocycles. The van der Waals surface area contributed by atoms with E-state index in [1.807, 2.05) is 0 Å². The Balaban J connectivity index is 2.11. The van der Waals surface area contributed by atoms with Crippen LogP contribution in [-0.2, 0) is 14.9 Å². The molecule has 0 aromatic rings. The second-order valence-corrected chi connectivity index (χ2v) is 5.99. The van der Waals surface area contributed by atoms with Gasteiger partial charge in [0, 0.05) is 25.7 Å². The fourth-order valence-electron chi connectivity index (χ4n) is 2.22. The van der Waals surface area contributed by atoms with Gasteiger partial charge in [-0.25, -0.2) is 0 Å². The van der Waals surface area contributed by atoms with E-state index in [2.05, 4.69) is 0 Å². The van der Waals surface area contributed by atoms with Gasteiger partial charge in [-0.3, -0.25) is 0 Å². The molecule has 94 valence electrons. The van der Waals surface area contributed by atoms with Crippen molar-refractivity contribution >= 4 is 10.2 Å². The maximum Gasteiger partial charge on any atom is 0.282 e. The Bertz CT molecular complexity index is 326. The number of nitrogens with zero attached hydrogens (tertiary/aromatic N) is 2. The third-order valence-corrected chi connectivity index (χ3v) is 5.22. The smallest absolute Gasteiger partial charge is 0.282 e. The Kier molecular flexibility index (Phi) is 3.81. The van der Waals surface area contributed by atoms with Gasteiger partial charge in [0.1, 0.15) is 0 Å². The van der Waals surface area contributed by atoms with Crippen LogP contribution in [0.25, 0.3) is 0 Å². The number of ether oxygens (including phenoxy) is 1. The van der Waals surface area contributed by atoms with Crippen molar-refractivity contribution in [2.75, 3.05) is 39.5 Å². The summed E-state index contributed by atoms with van der Waals surface area (Å²) in [5.74, 6) is 0. The van der Waals surface area contributed by atoms with Crippen molar-refractivity contribution in [3.05, 3.63) is 0 Å². The SMILES string of the molecule is O=S(=O)(N1CCOCC1)N1CCC[C@H]1CO. The van der Waals surface area contributed by atoms with Gasteiger partial charge in [-0.15, -0.1) is 0 Å². The zero-order valence-electron chi connectivity index (χ0n) is 9.21. The largest absolute Gasteiger partial charge is 0.395 e. The highest BCUT2D eigenvalue weighted by molar-refractivity contribution is 7.86. The van der Waals surface area contributed by atoms with Crippen LogP contribution in [0.4, 0.5) is 0 Å². The Labute approximate surface area is 96.0 Å². The molecule has 16 heavy (non-hydrogen) atoms. The molecule has 2 aliphatic rings. The lowest BCUT2D eigenvalue weighted by atomic mass is 10.2. The molecule has 1 atom stereocenters. The zero-order valence-corrected chi connectivity index (χ0v) is 10.0. The highest BCUT2D eigenvalue weighted by Gasteiger charge is 2.38. The van der Waals surface area contributed by atoms with Crippen molar-refractivity contribution < 1.29 is 18.3 Å². The van der Waals surface area contributed by atoms with Crippen molar-refractivity contribution in [1.82, 2.24) is 8.61 Å². The molecule has 2 aliphatic heterocycles. The van der Waals surface area contributed by atoms with Gasteiger partial charge in [0.2, 0.25) is 0 Å². The molecule has 0 bridgehead atoms. The number of morpholine rings is 1. The Hall–Kier alpha value is -0.210. The number of hydrogen-bond acceptors (Lipinski definition) is 4. The first-order valence-corrected chi connectivity index (χ1v) is 7.01. The molecule has 2 heterocycles. The van der Waals surface area contributed by atoms with E-state index in [1.165, 1.54) is 8.61 Å². The molecule has 0 aromatic heterocycles. The molecule has 6 nitrogen and oxygen atoms in total. The summed E-state index contributed by atoms with van der Waals surface area (Å²) in [6.07, 6.45) is 1.58. The van der Waals surface area contributed by atoms with Gasteiger partial charge >= 0.3 is 0 Å². The molecule has 0 aliphatic carbocycles. The Morgan fingerprint density at radius 2 is 1.94 bits per heavy atom. The summed E-state index contributed by atoms with van der Waals surface area (Å²) >= 11 is 0. The number of aliphatic hydroxyl groups excluding tert-OH is 1. The van der Waals surface area contributed by atoms with Crippen LogP contribution < -0.4 is 0 Å². The molecule has 2 fully saturated rings. The first-order valence-electron chi connectivity index (χ1n) is 5.62. The van der Waals surface area contributed by atoms with Crippen LogP contribution in [0.3, 0.4) is 0 Å². The summed E-state index contributed by atoms with van der Waals surface area (Å²) in [6, 6.07) is -0.243. The van der Waals surface area contributed by atoms with Crippen molar-refractivity contribution in [3.8, 4) is 0 Å². The molecule has 0 amide bonds. The minimum absolute atomic E-state index is 0.0937. The van der Waals surface area contributed by atoms with Crippen molar-refractivity contribution in [2.45, 2.75) is 18.9 Å². The molecule has 2 rings (SSSR count). The van der Waals surface area contributed by atoms with E-state index in [4.69, 9.17) is 9.84 Å². The normalized spacial score (nSPS) is 29.7. The summed E-state index contributed by atoms with van der Waals surface area (Å²) in [6.45, 7) is 2.16. The van der Waals surface area contributed by atoms with Gasteiger partial charge < -0.3 is 9.84 Å². The number of rotatable bonds is 3. The van der Waals surface area contributed by atoms with Crippen LogP contribution >= 0.6 is 0 Å². The number of hydrogen-bond donors (Lipinski definition) is 1. The fraction of sp³-hybridized carbons (Fsp3) is 1.00. The molecule has 0 saturated carbocycles. The first-order chi connectivity index (χ1) is 7.66. The van der Waals surface area contributed by atoms with Crippen molar-refractivity contribution in [2.24, 2.45) is 0 Å². The first kappa shape index (κ1) is 12.3. The van der Waals surface area contributed by atoms with E-state index in [0.29, 0.717) is 32.8 Å². The lowest BCUT2D eigenvalue weighted by Gasteiger charge is -2.32. The number of aliphatic hydroxyl groups is 1. The quantitative estimate of drug-likeness (QED) is 0.699. The molecular weight excluding hydrogens is 232 g/mol. The molecule has 7 heteroatoms. The molecular formula is C9H18N2O4S. The maximum absolute atomic E-state index is 12.2. The van der Waals surface area contributed by atoms with Crippen LogP contribution in [0.5, 0.6) is 0 Å². The van der Waals surface area contributed by atoms with Gasteiger partial charge in [0.05, 0.1) is 19.8 Å². The average Bonchev–Trinajstić information content (AvgIpc) is 2.79. The highest BCUT2D eigenvalue weighted by Crippen LogP contribution is 2.23. The topological polar surface area (TPSA) is 70.1 Å². The van der Waals surface area contributed by atoms with Crippen LogP contribution in [0, 0.1) is 0 Å². The maximum atomic E-state index is 12.2. The van der Waals surface area contributed by atoms with E-state index in [0.717, 1.165) is 12.8 Å². The molecule has 0 spiro atoms. The summed E-state index contributed by atoms with van der Waals surface area (Å²) in [4.78, 5) is 0. The van der Waals surface area contributed by atoms with Gasteiger partial charge in [-0.05, 0) is 12.8 Å². The Morgan fingerprint density at radius 1 is 1.25 bits per heavy atom. The summed E-state index contributed by atoms with van der Waals surface area (Å²) < 4.78 is 32.5. The third kappa shape index (κ3) is 2.23. The predicted molar refractivity (Wildman–Crippen MR) is 58.1 cm³/mol. The van der Waals surface area contributed by atoms with Crippen LogP contribution in [-0.4, -0.2) is 67.6 Å². The predicted octanol–water partition coefficient (Wildman–Crippen LogP) is -0.980. The lowest BCUT2D eigenvalue weighted by molar-refractivity contribution is 0.0691. The second kappa shape index (κ2) is 4.97. The van der Waals surface area contributed by atoms with Crippen molar-refractivity contribution in [3.63, 3.8) is 0 Å². The third-order valence-electron chi connectivity index (χ3n) is 3.13. The average molecular weight is 250 g/mol. The summed E-state index contributed by atoms with van der Waals surface area (Å²) in [5, 5.41) is 9.15. The van der Waals surface area contributed by atoms with Gasteiger partial charge in [0.15, 0.2) is 0 Å². The van der Waals surface area contributed by atoms with Gasteiger partial charge in [-0.2, -0.15) is 17.0 Å².